The van der Waals surface area contributed by atoms with Crippen LogP contribution in [-0.4, -0.2) is 32.4 Å². The Morgan fingerprint density at radius 2 is 2.35 bits per heavy atom. The first kappa shape index (κ1) is 15.3. The van der Waals surface area contributed by atoms with Crippen LogP contribution in [0.1, 0.15) is 24.7 Å². The molecule has 2 N–H and O–H groups in total. The number of rotatable bonds is 3. The summed E-state index contributed by atoms with van der Waals surface area (Å²) in [6.07, 6.45) is 5.08. The summed E-state index contributed by atoms with van der Waals surface area (Å²) in [6.45, 7) is 0.613. The number of non-ortho nitro benzene ring substituents is 1. The molecule has 2 heterocycles. The molecular formula is C14H14ClN5O3. The maximum atomic E-state index is 12.5. The summed E-state index contributed by atoms with van der Waals surface area (Å²) in [5.41, 5.74) is 0.218. The molecule has 1 saturated heterocycles. The van der Waals surface area contributed by atoms with Gasteiger partial charge in [0.05, 0.1) is 21.7 Å². The molecule has 1 aromatic heterocycles. The average molecular weight is 336 g/mol. The number of anilines is 1. The van der Waals surface area contributed by atoms with Crippen LogP contribution < -0.4 is 5.32 Å². The molecule has 1 aliphatic rings. The normalized spacial score (nSPS) is 17.3. The molecule has 3 rings (SSSR count). The van der Waals surface area contributed by atoms with E-state index in [1.165, 1.54) is 18.2 Å². The number of nitrogens with one attached hydrogen (secondary N) is 2. The lowest BCUT2D eigenvalue weighted by molar-refractivity contribution is -0.384. The highest BCUT2D eigenvalue weighted by atomic mass is 35.5. The number of aromatic amines is 1. The number of likely N-dealkylation sites (tertiary alicyclic amines) is 1. The standard InChI is InChI=1S/C14H14ClN5O3/c15-10-8-9(20(22)23)3-4-11(10)18-14(21)19-7-1-2-12(19)13-16-5-6-17-13/h3-6,8,12H,1-2,7H2,(H,16,17)(H,18,21)/t12-/m0/s1. The summed E-state index contributed by atoms with van der Waals surface area (Å²) in [5.74, 6) is 0.743. The first-order valence-electron chi connectivity index (χ1n) is 7.07. The van der Waals surface area contributed by atoms with Crippen LogP contribution in [0.5, 0.6) is 0 Å². The molecule has 0 bridgehead atoms. The largest absolute Gasteiger partial charge is 0.347 e. The number of carbonyl (C=O) groups excluding carboxylic acids is 1. The van der Waals surface area contributed by atoms with Crippen molar-refractivity contribution in [2.24, 2.45) is 0 Å². The van der Waals surface area contributed by atoms with Crippen molar-refractivity contribution >= 4 is 29.0 Å². The molecule has 1 fully saturated rings. The van der Waals surface area contributed by atoms with Crippen molar-refractivity contribution in [3.63, 3.8) is 0 Å². The summed E-state index contributed by atoms with van der Waals surface area (Å²) in [4.78, 5) is 31.6. The molecule has 1 aromatic carbocycles. The molecule has 120 valence electrons. The molecular weight excluding hydrogens is 322 g/mol. The summed E-state index contributed by atoms with van der Waals surface area (Å²) in [5, 5.41) is 13.5. The SMILES string of the molecule is O=C(Nc1ccc([N+](=O)[O-])cc1Cl)N1CCC[C@H]1c1ncc[nH]1. The van der Waals surface area contributed by atoms with Crippen LogP contribution in [0, 0.1) is 10.1 Å². The zero-order valence-corrected chi connectivity index (χ0v) is 12.8. The number of imidazole rings is 1. The molecule has 1 aliphatic heterocycles. The second-order valence-electron chi connectivity index (χ2n) is 5.18. The summed E-state index contributed by atoms with van der Waals surface area (Å²) < 4.78 is 0. The highest BCUT2D eigenvalue weighted by Crippen LogP contribution is 2.32. The van der Waals surface area contributed by atoms with E-state index in [0.717, 1.165) is 18.7 Å². The van der Waals surface area contributed by atoms with E-state index in [1.54, 1.807) is 17.3 Å². The lowest BCUT2D eigenvalue weighted by Crippen LogP contribution is -2.34. The Labute approximate surface area is 136 Å². The summed E-state index contributed by atoms with van der Waals surface area (Å²) in [6, 6.07) is 3.53. The van der Waals surface area contributed by atoms with Crippen molar-refractivity contribution in [3.05, 3.63) is 51.6 Å². The molecule has 2 aromatic rings. The van der Waals surface area contributed by atoms with Gasteiger partial charge in [-0.2, -0.15) is 0 Å². The Morgan fingerprint density at radius 3 is 3.00 bits per heavy atom. The third kappa shape index (κ3) is 3.11. The van der Waals surface area contributed by atoms with E-state index in [9.17, 15) is 14.9 Å². The second kappa shape index (κ2) is 6.25. The van der Waals surface area contributed by atoms with Crippen LogP contribution in [0.25, 0.3) is 0 Å². The zero-order chi connectivity index (χ0) is 16.4. The first-order chi connectivity index (χ1) is 11.1. The number of carbonyl (C=O) groups is 1. The fourth-order valence-electron chi connectivity index (χ4n) is 2.66. The minimum atomic E-state index is -0.537. The number of nitrogens with zero attached hydrogens (tertiary/aromatic N) is 3. The second-order valence-corrected chi connectivity index (χ2v) is 5.58. The molecule has 2 amide bonds. The van der Waals surface area contributed by atoms with Gasteiger partial charge in [0.1, 0.15) is 5.82 Å². The van der Waals surface area contributed by atoms with E-state index in [-0.39, 0.29) is 22.8 Å². The average Bonchev–Trinajstić information content (AvgIpc) is 3.19. The van der Waals surface area contributed by atoms with Gasteiger partial charge in [-0.15, -0.1) is 0 Å². The van der Waals surface area contributed by atoms with Gasteiger partial charge in [-0.25, -0.2) is 9.78 Å². The van der Waals surface area contributed by atoms with Crippen LogP contribution >= 0.6 is 11.6 Å². The maximum Gasteiger partial charge on any atom is 0.322 e. The van der Waals surface area contributed by atoms with Crippen molar-refractivity contribution in [1.82, 2.24) is 14.9 Å². The van der Waals surface area contributed by atoms with E-state index < -0.39 is 4.92 Å². The monoisotopic (exact) mass is 335 g/mol. The van der Waals surface area contributed by atoms with E-state index in [4.69, 9.17) is 11.6 Å². The topological polar surface area (TPSA) is 104 Å². The predicted octanol–water partition coefficient (Wildman–Crippen LogP) is 3.34. The number of hydrogen-bond donors (Lipinski definition) is 2. The third-order valence-corrected chi connectivity index (χ3v) is 4.07. The number of urea groups is 1. The van der Waals surface area contributed by atoms with Crippen LogP contribution in [-0.2, 0) is 0 Å². The van der Waals surface area contributed by atoms with Crippen LogP contribution in [0.4, 0.5) is 16.2 Å². The summed E-state index contributed by atoms with van der Waals surface area (Å²) >= 11 is 6.00. The van der Waals surface area contributed by atoms with Crippen molar-refractivity contribution in [2.75, 3.05) is 11.9 Å². The molecule has 0 saturated carbocycles. The lowest BCUT2D eigenvalue weighted by Gasteiger charge is -2.23. The molecule has 1 atom stereocenters. The number of benzene rings is 1. The van der Waals surface area contributed by atoms with Crippen LogP contribution in [0.3, 0.4) is 0 Å². The number of hydrogen-bond acceptors (Lipinski definition) is 4. The molecule has 9 heteroatoms. The Morgan fingerprint density at radius 1 is 1.52 bits per heavy atom. The van der Waals surface area contributed by atoms with Crippen molar-refractivity contribution in [3.8, 4) is 0 Å². The van der Waals surface area contributed by atoms with Crippen molar-refractivity contribution in [2.45, 2.75) is 18.9 Å². The lowest BCUT2D eigenvalue weighted by atomic mass is 10.2. The highest BCUT2D eigenvalue weighted by Gasteiger charge is 2.31. The zero-order valence-electron chi connectivity index (χ0n) is 12.0. The molecule has 0 radical (unpaired) electrons. The smallest absolute Gasteiger partial charge is 0.322 e. The van der Waals surface area contributed by atoms with Gasteiger partial charge < -0.3 is 15.2 Å². The van der Waals surface area contributed by atoms with Gasteiger partial charge in [-0.05, 0) is 18.9 Å². The Balaban J connectivity index is 1.75. The van der Waals surface area contributed by atoms with Gasteiger partial charge in [0.25, 0.3) is 5.69 Å². The minimum Gasteiger partial charge on any atom is -0.347 e. The van der Waals surface area contributed by atoms with Gasteiger partial charge in [-0.3, -0.25) is 10.1 Å². The van der Waals surface area contributed by atoms with E-state index in [0.29, 0.717) is 12.2 Å². The Hall–Kier alpha value is -2.61. The Kier molecular flexibility index (Phi) is 4.16. The minimum absolute atomic E-state index is 0.109. The summed E-state index contributed by atoms with van der Waals surface area (Å²) in [7, 11) is 0. The molecule has 0 spiro atoms. The van der Waals surface area contributed by atoms with Crippen molar-refractivity contribution < 1.29 is 9.72 Å². The fourth-order valence-corrected chi connectivity index (χ4v) is 2.88. The number of nitro benzene ring substituents is 1. The first-order valence-corrected chi connectivity index (χ1v) is 7.45. The molecule has 0 unspecified atom stereocenters. The van der Waals surface area contributed by atoms with E-state index >= 15 is 0 Å². The maximum absolute atomic E-state index is 12.5. The number of nitro groups is 1. The van der Waals surface area contributed by atoms with Gasteiger partial charge in [0, 0.05) is 31.1 Å². The molecule has 0 aliphatic carbocycles. The fraction of sp³-hybridized carbons (Fsp3) is 0.286. The third-order valence-electron chi connectivity index (χ3n) is 3.75. The molecule has 23 heavy (non-hydrogen) atoms. The predicted molar refractivity (Wildman–Crippen MR) is 84.4 cm³/mol. The molecule has 8 nitrogen and oxygen atoms in total. The number of amides is 2. The van der Waals surface area contributed by atoms with Gasteiger partial charge in [0.2, 0.25) is 0 Å². The van der Waals surface area contributed by atoms with Gasteiger partial charge in [-0.1, -0.05) is 11.6 Å². The number of H-pyrrole nitrogens is 1. The van der Waals surface area contributed by atoms with Crippen LogP contribution in [0.15, 0.2) is 30.6 Å². The van der Waals surface area contributed by atoms with E-state index in [1.807, 2.05) is 0 Å². The van der Waals surface area contributed by atoms with Crippen LogP contribution in [0.2, 0.25) is 5.02 Å². The van der Waals surface area contributed by atoms with Gasteiger partial charge in [0.15, 0.2) is 0 Å². The van der Waals surface area contributed by atoms with Crippen molar-refractivity contribution in [1.29, 1.82) is 0 Å². The highest BCUT2D eigenvalue weighted by molar-refractivity contribution is 6.33. The Bertz CT molecular complexity index is 734. The van der Waals surface area contributed by atoms with Gasteiger partial charge >= 0.3 is 6.03 Å². The quantitative estimate of drug-likeness (QED) is 0.663. The number of aromatic nitrogens is 2. The number of halogens is 1. The van der Waals surface area contributed by atoms with E-state index in [2.05, 4.69) is 15.3 Å².